The Kier molecular flexibility index (Phi) is 15.9. The van der Waals surface area contributed by atoms with Crippen molar-refractivity contribution in [1.82, 2.24) is 29.7 Å². The summed E-state index contributed by atoms with van der Waals surface area (Å²) in [4.78, 5) is 67.4. The number of amides is 3. The number of nitrogens with two attached hydrogens (primary N) is 2. The van der Waals surface area contributed by atoms with Crippen LogP contribution in [0.15, 0.2) is 73.6 Å². The first-order valence-electron chi connectivity index (χ1n) is 17.9. The van der Waals surface area contributed by atoms with Gasteiger partial charge in [-0.2, -0.15) is 9.97 Å². The third-order valence-electron chi connectivity index (χ3n) is 7.93. The Bertz CT molecular complexity index is 1950. The van der Waals surface area contributed by atoms with Gasteiger partial charge in [0.15, 0.2) is 17.0 Å². The molecular weight excluding hydrogens is 746 g/mol. The first-order chi connectivity index (χ1) is 26.8. The van der Waals surface area contributed by atoms with Gasteiger partial charge in [-0.3, -0.25) is 10.1 Å². The Labute approximate surface area is 329 Å². The molecule has 0 aliphatic carbocycles. The second kappa shape index (κ2) is 20.8. The summed E-state index contributed by atoms with van der Waals surface area (Å²) >= 11 is 6.28. The lowest BCUT2D eigenvalue weighted by Crippen LogP contribution is -2.50. The zero-order chi connectivity index (χ0) is 40.7. The van der Waals surface area contributed by atoms with Crippen LogP contribution in [0.3, 0.4) is 0 Å². The van der Waals surface area contributed by atoms with Crippen molar-refractivity contribution in [2.45, 2.75) is 77.7 Å². The van der Waals surface area contributed by atoms with Gasteiger partial charge in [0.1, 0.15) is 24.8 Å². The highest BCUT2D eigenvalue weighted by molar-refractivity contribution is 6.31. The SMILES string of the molecule is C=CC(OCc1ccccc1Cl)OC(=O)[C@H](CCCCN)N(CCNC(=O)OC(C)(C)C)C(=O)Cn1cnc2c(NC(=O)OCc3ccccc3)nc(N)nc21. The lowest BCUT2D eigenvalue weighted by molar-refractivity contribution is -0.179. The molecule has 4 aromatic rings. The molecule has 3 amide bonds. The Morgan fingerprint density at radius 1 is 1.02 bits per heavy atom. The number of benzene rings is 2. The van der Waals surface area contributed by atoms with E-state index >= 15 is 0 Å². The molecule has 2 aromatic carbocycles. The number of imidazole rings is 1. The number of aromatic nitrogens is 4. The Morgan fingerprint density at radius 3 is 2.45 bits per heavy atom. The van der Waals surface area contributed by atoms with Crippen molar-refractivity contribution in [2.24, 2.45) is 5.73 Å². The molecule has 0 saturated heterocycles. The van der Waals surface area contributed by atoms with Crippen molar-refractivity contribution >= 4 is 58.6 Å². The number of fused-ring (bicyclic) bond motifs is 1. The number of nitrogen functional groups attached to an aromatic ring is 1. The van der Waals surface area contributed by atoms with E-state index in [1.165, 1.54) is 21.9 Å². The third kappa shape index (κ3) is 13.2. The van der Waals surface area contributed by atoms with E-state index in [2.05, 4.69) is 32.2 Å². The number of halogens is 1. The van der Waals surface area contributed by atoms with Gasteiger partial charge in [0.25, 0.3) is 0 Å². The number of unbranched alkanes of at least 4 members (excludes halogenated alkanes) is 1. The van der Waals surface area contributed by atoms with Gasteiger partial charge >= 0.3 is 18.2 Å². The molecular formula is C38H48ClN9O8. The van der Waals surface area contributed by atoms with Crippen LogP contribution in [0.1, 0.15) is 51.2 Å². The molecule has 0 saturated carbocycles. The van der Waals surface area contributed by atoms with Crippen molar-refractivity contribution in [2.75, 3.05) is 30.7 Å². The first-order valence-corrected chi connectivity index (χ1v) is 18.3. The Morgan fingerprint density at radius 2 is 1.75 bits per heavy atom. The molecule has 300 valence electrons. The maximum absolute atomic E-state index is 14.3. The molecule has 1 unspecified atom stereocenters. The summed E-state index contributed by atoms with van der Waals surface area (Å²) < 4.78 is 23.6. The number of nitrogens with one attached hydrogen (secondary N) is 2. The highest BCUT2D eigenvalue weighted by Crippen LogP contribution is 2.22. The summed E-state index contributed by atoms with van der Waals surface area (Å²) in [5, 5.41) is 5.64. The number of carbonyl (C=O) groups excluding carboxylic acids is 4. The maximum Gasteiger partial charge on any atom is 0.413 e. The van der Waals surface area contributed by atoms with Crippen LogP contribution in [-0.4, -0.2) is 86.0 Å². The highest BCUT2D eigenvalue weighted by atomic mass is 35.5. The van der Waals surface area contributed by atoms with Gasteiger partial charge in [0.05, 0.1) is 12.9 Å². The standard InChI is InChI=1S/C38H48ClN9O8/c1-5-30(53-23-26-15-9-10-16-27(26)39)55-34(50)28(17-11-12-18-40)48(20-19-42-36(51)56-38(2,3)4)29(49)21-47-24-43-31-32(44-35(41)46-33(31)47)45-37(52)54-22-25-13-7-6-8-14-25/h5-10,13-16,24,28,30H,1,11-12,17-23,40H2,2-4H3,(H,42,51)(H3,41,44,45,46,52)/t28-,30?/m0/s1. The summed E-state index contributed by atoms with van der Waals surface area (Å²) in [7, 11) is 0. The molecule has 6 N–H and O–H groups in total. The molecule has 56 heavy (non-hydrogen) atoms. The van der Waals surface area contributed by atoms with Crippen molar-refractivity contribution in [3.05, 3.63) is 89.7 Å². The zero-order valence-electron chi connectivity index (χ0n) is 31.6. The monoisotopic (exact) mass is 793 g/mol. The zero-order valence-corrected chi connectivity index (χ0v) is 32.4. The fraction of sp³-hybridized carbons (Fsp3) is 0.395. The molecule has 2 aromatic heterocycles. The minimum absolute atomic E-state index is 0.00781. The van der Waals surface area contributed by atoms with Crippen LogP contribution in [0.2, 0.25) is 5.02 Å². The molecule has 17 nitrogen and oxygen atoms in total. The minimum Gasteiger partial charge on any atom is -0.444 e. The molecule has 0 aliphatic rings. The number of esters is 1. The van der Waals surface area contributed by atoms with Crippen molar-refractivity contribution in [3.63, 3.8) is 0 Å². The van der Waals surface area contributed by atoms with Gasteiger partial charge < -0.3 is 45.2 Å². The van der Waals surface area contributed by atoms with Crippen molar-refractivity contribution in [3.8, 4) is 0 Å². The van der Waals surface area contributed by atoms with Crippen LogP contribution in [0.4, 0.5) is 21.4 Å². The van der Waals surface area contributed by atoms with Crippen molar-refractivity contribution in [1.29, 1.82) is 0 Å². The second-order valence-corrected chi connectivity index (χ2v) is 13.8. The predicted molar refractivity (Wildman–Crippen MR) is 209 cm³/mol. The molecule has 0 radical (unpaired) electrons. The van der Waals surface area contributed by atoms with Crippen LogP contribution in [-0.2, 0) is 48.3 Å². The molecule has 4 rings (SSSR count). The van der Waals surface area contributed by atoms with E-state index in [0.717, 1.165) is 5.56 Å². The lowest BCUT2D eigenvalue weighted by atomic mass is 10.1. The molecule has 2 atom stereocenters. The summed E-state index contributed by atoms with van der Waals surface area (Å²) in [5.41, 5.74) is 12.7. The number of anilines is 2. The summed E-state index contributed by atoms with van der Waals surface area (Å²) in [6.07, 6.45) is 1.13. The van der Waals surface area contributed by atoms with Gasteiger partial charge in [0, 0.05) is 18.1 Å². The van der Waals surface area contributed by atoms with Gasteiger partial charge in [0.2, 0.25) is 18.1 Å². The predicted octanol–water partition coefficient (Wildman–Crippen LogP) is 4.93. The van der Waals surface area contributed by atoms with E-state index in [0.29, 0.717) is 30.0 Å². The fourth-order valence-corrected chi connectivity index (χ4v) is 5.51. The van der Waals surface area contributed by atoms with Crippen LogP contribution >= 0.6 is 11.6 Å². The highest BCUT2D eigenvalue weighted by Gasteiger charge is 2.33. The number of nitrogens with zero attached hydrogens (tertiary/aromatic N) is 5. The fourth-order valence-electron chi connectivity index (χ4n) is 5.32. The average Bonchev–Trinajstić information content (AvgIpc) is 3.55. The van der Waals surface area contributed by atoms with E-state index in [1.807, 2.05) is 18.2 Å². The number of ether oxygens (including phenoxy) is 4. The van der Waals surface area contributed by atoms with Crippen LogP contribution in [0.5, 0.6) is 0 Å². The average molecular weight is 794 g/mol. The number of alkyl carbamates (subject to hydrolysis) is 1. The maximum atomic E-state index is 14.3. The first kappa shape index (κ1) is 43.0. The van der Waals surface area contributed by atoms with Crippen LogP contribution < -0.4 is 22.1 Å². The topological polar surface area (TPSA) is 228 Å². The van der Waals surface area contributed by atoms with E-state index in [-0.39, 0.29) is 62.2 Å². The van der Waals surface area contributed by atoms with Gasteiger partial charge in [-0.25, -0.2) is 19.4 Å². The van der Waals surface area contributed by atoms with E-state index in [9.17, 15) is 19.2 Å². The second-order valence-electron chi connectivity index (χ2n) is 13.4. The largest absolute Gasteiger partial charge is 0.444 e. The van der Waals surface area contributed by atoms with E-state index in [4.69, 9.17) is 42.0 Å². The summed E-state index contributed by atoms with van der Waals surface area (Å²) in [6, 6.07) is 15.0. The summed E-state index contributed by atoms with van der Waals surface area (Å²) in [5.74, 6) is -1.59. The summed E-state index contributed by atoms with van der Waals surface area (Å²) in [6.45, 7) is 8.69. The molecule has 0 spiro atoms. The molecule has 18 heteroatoms. The van der Waals surface area contributed by atoms with Crippen LogP contribution in [0.25, 0.3) is 11.2 Å². The Balaban J connectivity index is 1.57. The normalized spacial score (nSPS) is 12.3. The van der Waals surface area contributed by atoms with E-state index in [1.54, 1.807) is 57.2 Å². The van der Waals surface area contributed by atoms with E-state index < -0.39 is 42.0 Å². The number of rotatable bonds is 19. The van der Waals surface area contributed by atoms with Crippen molar-refractivity contribution < 1.29 is 38.1 Å². The van der Waals surface area contributed by atoms with Gasteiger partial charge in [-0.15, -0.1) is 0 Å². The third-order valence-corrected chi connectivity index (χ3v) is 8.30. The number of carbonyl (C=O) groups is 4. The molecule has 0 fully saturated rings. The van der Waals surface area contributed by atoms with Gasteiger partial charge in [-0.05, 0) is 69.8 Å². The minimum atomic E-state index is -1.19. The molecule has 2 heterocycles. The molecule has 0 bridgehead atoms. The van der Waals surface area contributed by atoms with Crippen LogP contribution in [0, 0.1) is 0 Å². The quantitative estimate of drug-likeness (QED) is 0.0325. The Hall–Kier alpha value is -5.78. The lowest BCUT2D eigenvalue weighted by Gasteiger charge is -2.32. The molecule has 0 aliphatic heterocycles. The van der Waals surface area contributed by atoms with Gasteiger partial charge in [-0.1, -0.05) is 66.7 Å². The number of hydrogen-bond donors (Lipinski definition) is 4. The smallest absolute Gasteiger partial charge is 0.413 e. The number of hydrogen-bond acceptors (Lipinski definition) is 13.